The van der Waals surface area contributed by atoms with Gasteiger partial charge in [-0.3, -0.25) is 0 Å². The molecule has 0 aliphatic rings. The van der Waals surface area contributed by atoms with Crippen molar-refractivity contribution < 1.29 is 9.50 Å². The van der Waals surface area contributed by atoms with Crippen LogP contribution in [0.1, 0.15) is 24.3 Å². The second kappa shape index (κ2) is 6.12. The molecule has 5 heteroatoms. The summed E-state index contributed by atoms with van der Waals surface area (Å²) in [4.78, 5) is 7.42. The second-order valence-corrected chi connectivity index (χ2v) is 5.63. The average Bonchev–Trinajstić information content (AvgIpc) is 2.89. The Morgan fingerprint density at radius 2 is 2.26 bits per heavy atom. The van der Waals surface area contributed by atoms with Gasteiger partial charge >= 0.3 is 0 Å². The van der Waals surface area contributed by atoms with Gasteiger partial charge in [-0.25, -0.2) is 9.37 Å². The van der Waals surface area contributed by atoms with Crippen LogP contribution in [-0.4, -0.2) is 16.1 Å². The molecule has 0 radical (unpaired) electrons. The van der Waals surface area contributed by atoms with E-state index in [-0.39, 0.29) is 12.6 Å². The van der Waals surface area contributed by atoms with Gasteiger partial charge < -0.3 is 10.0 Å². The highest BCUT2D eigenvalue weighted by Gasteiger charge is 2.17. The van der Waals surface area contributed by atoms with Crippen molar-refractivity contribution in [3.63, 3.8) is 0 Å². The lowest BCUT2D eigenvalue weighted by Crippen LogP contribution is -2.31. The molecule has 0 saturated carbocycles. The topological polar surface area (TPSA) is 36.4 Å². The molecule has 0 atom stereocenters. The minimum absolute atomic E-state index is 0.213. The van der Waals surface area contributed by atoms with Crippen molar-refractivity contribution in [2.45, 2.75) is 33.0 Å². The van der Waals surface area contributed by atoms with Crippen LogP contribution in [0.5, 0.6) is 0 Å². The summed E-state index contributed by atoms with van der Waals surface area (Å²) in [6.07, 6.45) is 1.19. The molecule has 1 N–H and O–H groups in total. The first-order chi connectivity index (χ1) is 9.11. The van der Waals surface area contributed by atoms with E-state index in [0.29, 0.717) is 17.9 Å². The quantitative estimate of drug-likeness (QED) is 0.913. The van der Waals surface area contributed by atoms with Gasteiger partial charge in [-0.05, 0) is 31.4 Å². The van der Waals surface area contributed by atoms with Crippen molar-refractivity contribution in [2.24, 2.45) is 0 Å². The molecule has 0 spiro atoms. The standard InChI is InChI=1S/C14H17FN2OS/c1-10(2)17(8-13-4-3-5-19-13)14-11(9-18)6-12(15)7-16-14/h3-7,10,18H,8-9H2,1-2H3. The Hall–Kier alpha value is -1.46. The molecule has 2 rings (SSSR count). The van der Waals surface area contributed by atoms with Crippen LogP contribution in [0, 0.1) is 5.82 Å². The van der Waals surface area contributed by atoms with Crippen LogP contribution < -0.4 is 4.90 Å². The number of rotatable bonds is 5. The van der Waals surface area contributed by atoms with Crippen LogP contribution in [0.4, 0.5) is 10.2 Å². The molecule has 0 amide bonds. The predicted molar refractivity (Wildman–Crippen MR) is 75.8 cm³/mol. The molecular formula is C14H17FN2OS. The highest BCUT2D eigenvalue weighted by molar-refractivity contribution is 7.09. The summed E-state index contributed by atoms with van der Waals surface area (Å²) in [6, 6.07) is 5.61. The SMILES string of the molecule is CC(C)N(Cc1cccs1)c1ncc(F)cc1CO. The summed E-state index contributed by atoms with van der Waals surface area (Å²) in [7, 11) is 0. The normalized spacial score (nSPS) is 11.0. The number of aliphatic hydroxyl groups is 1. The van der Waals surface area contributed by atoms with Crippen molar-refractivity contribution in [3.8, 4) is 0 Å². The van der Waals surface area contributed by atoms with Crippen molar-refractivity contribution in [1.29, 1.82) is 0 Å². The lowest BCUT2D eigenvalue weighted by atomic mass is 10.2. The van der Waals surface area contributed by atoms with Gasteiger partial charge in [-0.2, -0.15) is 0 Å². The Morgan fingerprint density at radius 3 is 2.84 bits per heavy atom. The number of nitrogens with zero attached hydrogens (tertiary/aromatic N) is 2. The van der Waals surface area contributed by atoms with Gasteiger partial charge in [0.15, 0.2) is 0 Å². The third kappa shape index (κ3) is 3.30. The first-order valence-corrected chi connectivity index (χ1v) is 7.04. The number of anilines is 1. The summed E-state index contributed by atoms with van der Waals surface area (Å²) in [5, 5.41) is 11.4. The Labute approximate surface area is 116 Å². The van der Waals surface area contributed by atoms with Crippen LogP contribution in [0.3, 0.4) is 0 Å². The number of aliphatic hydroxyl groups excluding tert-OH is 1. The Bertz CT molecular complexity index is 528. The molecule has 0 fully saturated rings. The van der Waals surface area contributed by atoms with Crippen LogP contribution in [-0.2, 0) is 13.2 Å². The first kappa shape index (κ1) is 14.0. The van der Waals surface area contributed by atoms with E-state index in [4.69, 9.17) is 0 Å². The zero-order valence-corrected chi connectivity index (χ0v) is 11.8. The maximum Gasteiger partial charge on any atom is 0.142 e. The van der Waals surface area contributed by atoms with E-state index in [9.17, 15) is 9.50 Å². The Kier molecular flexibility index (Phi) is 4.50. The number of hydrogen-bond acceptors (Lipinski definition) is 4. The molecule has 0 saturated heterocycles. The van der Waals surface area contributed by atoms with E-state index in [2.05, 4.69) is 29.8 Å². The average molecular weight is 280 g/mol. The van der Waals surface area contributed by atoms with Gasteiger partial charge in [0.2, 0.25) is 0 Å². The summed E-state index contributed by atoms with van der Waals surface area (Å²) >= 11 is 1.67. The van der Waals surface area contributed by atoms with Gasteiger partial charge in [0.05, 0.1) is 19.3 Å². The second-order valence-electron chi connectivity index (χ2n) is 4.60. The minimum Gasteiger partial charge on any atom is -0.392 e. The number of thiophene rings is 1. The number of aromatic nitrogens is 1. The van der Waals surface area contributed by atoms with Gasteiger partial charge in [0, 0.05) is 16.5 Å². The fourth-order valence-electron chi connectivity index (χ4n) is 1.92. The van der Waals surface area contributed by atoms with Gasteiger partial charge in [0.1, 0.15) is 11.6 Å². The lowest BCUT2D eigenvalue weighted by molar-refractivity contribution is 0.280. The highest BCUT2D eigenvalue weighted by atomic mass is 32.1. The molecule has 102 valence electrons. The Morgan fingerprint density at radius 1 is 1.47 bits per heavy atom. The van der Waals surface area contributed by atoms with Crippen molar-refractivity contribution in [2.75, 3.05) is 4.90 Å². The van der Waals surface area contributed by atoms with Gasteiger partial charge in [-0.1, -0.05) is 6.07 Å². The van der Waals surface area contributed by atoms with E-state index in [0.717, 1.165) is 0 Å². The molecule has 2 aromatic heterocycles. The molecule has 0 aliphatic heterocycles. The van der Waals surface area contributed by atoms with Crippen molar-refractivity contribution >= 4 is 17.2 Å². The first-order valence-electron chi connectivity index (χ1n) is 6.16. The number of hydrogen-bond donors (Lipinski definition) is 1. The monoisotopic (exact) mass is 280 g/mol. The molecule has 2 heterocycles. The minimum atomic E-state index is -0.423. The molecule has 3 nitrogen and oxygen atoms in total. The molecule has 0 aliphatic carbocycles. The van der Waals surface area contributed by atoms with Crippen molar-refractivity contribution in [1.82, 2.24) is 4.98 Å². The maximum atomic E-state index is 13.2. The molecule has 0 aromatic carbocycles. The molecule has 0 unspecified atom stereocenters. The van der Waals surface area contributed by atoms with Gasteiger partial charge in [0.25, 0.3) is 0 Å². The molecule has 19 heavy (non-hydrogen) atoms. The molecular weight excluding hydrogens is 263 g/mol. The third-order valence-electron chi connectivity index (χ3n) is 2.88. The summed E-state index contributed by atoms with van der Waals surface area (Å²) < 4.78 is 13.2. The van der Waals surface area contributed by atoms with Crippen LogP contribution in [0.25, 0.3) is 0 Å². The largest absolute Gasteiger partial charge is 0.392 e. The van der Waals surface area contributed by atoms with Crippen LogP contribution in [0.15, 0.2) is 29.8 Å². The van der Waals surface area contributed by atoms with Crippen LogP contribution in [0.2, 0.25) is 0 Å². The van der Waals surface area contributed by atoms with Crippen LogP contribution >= 0.6 is 11.3 Å². The third-order valence-corrected chi connectivity index (χ3v) is 3.74. The van der Waals surface area contributed by atoms with E-state index in [1.54, 1.807) is 11.3 Å². The van der Waals surface area contributed by atoms with E-state index >= 15 is 0 Å². The van der Waals surface area contributed by atoms with E-state index in [1.807, 2.05) is 11.4 Å². The number of halogens is 1. The zero-order valence-electron chi connectivity index (χ0n) is 11.0. The van der Waals surface area contributed by atoms with Gasteiger partial charge in [-0.15, -0.1) is 11.3 Å². The highest BCUT2D eigenvalue weighted by Crippen LogP contribution is 2.24. The fourth-order valence-corrected chi connectivity index (χ4v) is 2.62. The maximum absolute atomic E-state index is 13.2. The molecule has 0 bridgehead atoms. The zero-order chi connectivity index (χ0) is 13.8. The molecule has 2 aromatic rings. The summed E-state index contributed by atoms with van der Waals surface area (Å²) in [6.45, 7) is 4.61. The van der Waals surface area contributed by atoms with Crippen molar-refractivity contribution in [3.05, 3.63) is 46.0 Å². The predicted octanol–water partition coefficient (Wildman–Crippen LogP) is 3.19. The Balaban J connectivity index is 2.33. The summed E-state index contributed by atoms with van der Waals surface area (Å²) in [5.41, 5.74) is 0.519. The smallest absolute Gasteiger partial charge is 0.142 e. The lowest BCUT2D eigenvalue weighted by Gasteiger charge is -2.29. The summed E-state index contributed by atoms with van der Waals surface area (Å²) in [5.74, 6) is 0.222. The van der Waals surface area contributed by atoms with E-state index < -0.39 is 5.82 Å². The van der Waals surface area contributed by atoms with E-state index in [1.165, 1.54) is 17.1 Å². The fraction of sp³-hybridized carbons (Fsp3) is 0.357. The number of pyridine rings is 1.